The molecule has 1 heterocycles. The molecule has 1 aromatic rings. The highest BCUT2D eigenvalue weighted by Crippen LogP contribution is 2.35. The van der Waals surface area contributed by atoms with Gasteiger partial charge in [0.2, 0.25) is 11.8 Å². The van der Waals surface area contributed by atoms with Gasteiger partial charge in [0.25, 0.3) is 0 Å². The number of alkyl halides is 3. The van der Waals surface area contributed by atoms with Gasteiger partial charge in [0.05, 0.1) is 18.1 Å². The topological polar surface area (TPSA) is 57.4 Å². The molecule has 2 N–H and O–H groups in total. The minimum absolute atomic E-state index is 0.143. The molecule has 1 aromatic heterocycles. The van der Waals surface area contributed by atoms with E-state index in [1.54, 1.807) is 0 Å². The van der Waals surface area contributed by atoms with Crippen molar-refractivity contribution in [3.63, 3.8) is 0 Å². The van der Waals surface area contributed by atoms with Crippen molar-refractivity contribution in [3.8, 4) is 5.88 Å². The van der Waals surface area contributed by atoms with E-state index in [-0.39, 0.29) is 29.0 Å². The van der Waals surface area contributed by atoms with Gasteiger partial charge in [-0.1, -0.05) is 36.7 Å². The zero-order valence-corrected chi connectivity index (χ0v) is 12.8. The highest BCUT2D eigenvalue weighted by molar-refractivity contribution is 6.39. The van der Waals surface area contributed by atoms with Crippen molar-refractivity contribution in [1.82, 2.24) is 4.98 Å². The number of halogens is 6. The molecule has 124 valence electrons. The number of nitrogens with zero attached hydrogens (tertiary/aromatic N) is 1. The normalized spacial score (nSPS) is 12.9. The number of nitrogen functional groups attached to an aromatic ring is 1. The molecule has 0 aliphatic heterocycles. The van der Waals surface area contributed by atoms with Gasteiger partial charge in [-0.25, -0.2) is 0 Å². The number of anilines is 1. The van der Waals surface area contributed by atoms with Crippen LogP contribution in [0.25, 0.3) is 0 Å². The Morgan fingerprint density at radius 1 is 1.36 bits per heavy atom. The Labute approximate surface area is 133 Å². The van der Waals surface area contributed by atoms with Crippen molar-refractivity contribution < 1.29 is 27.0 Å². The molecule has 0 saturated heterocycles. The molecule has 10 heteroatoms. The third-order valence-electron chi connectivity index (χ3n) is 2.48. The Bertz CT molecular complexity index is 567. The molecule has 0 fully saturated rings. The van der Waals surface area contributed by atoms with Gasteiger partial charge in [0, 0.05) is 5.92 Å². The van der Waals surface area contributed by atoms with E-state index in [2.05, 4.69) is 16.3 Å². The van der Waals surface area contributed by atoms with Crippen LogP contribution >= 0.6 is 23.2 Å². The van der Waals surface area contributed by atoms with Crippen LogP contribution in [0, 0.1) is 11.9 Å². The van der Waals surface area contributed by atoms with Crippen LogP contribution in [0.3, 0.4) is 0 Å². The summed E-state index contributed by atoms with van der Waals surface area (Å²) < 4.78 is 59.0. The quantitative estimate of drug-likeness (QED) is 0.467. The zero-order valence-electron chi connectivity index (χ0n) is 11.3. The van der Waals surface area contributed by atoms with Crippen LogP contribution in [0.4, 0.5) is 23.2 Å². The predicted molar refractivity (Wildman–Crippen MR) is 74.4 cm³/mol. The maximum atomic E-state index is 13.3. The maximum Gasteiger partial charge on any atom is 0.422 e. The molecule has 0 unspecified atom stereocenters. The molecule has 0 aliphatic carbocycles. The lowest BCUT2D eigenvalue weighted by Gasteiger charge is -2.18. The van der Waals surface area contributed by atoms with Crippen molar-refractivity contribution in [2.75, 3.05) is 18.9 Å². The summed E-state index contributed by atoms with van der Waals surface area (Å²) in [5, 5.41) is -0.635. The van der Waals surface area contributed by atoms with Crippen molar-refractivity contribution >= 4 is 28.9 Å². The van der Waals surface area contributed by atoms with Crippen molar-refractivity contribution in [2.45, 2.75) is 13.1 Å². The molecule has 0 aromatic carbocycles. The van der Waals surface area contributed by atoms with Gasteiger partial charge in [-0.3, -0.25) is 0 Å². The predicted octanol–water partition coefficient (Wildman–Crippen LogP) is 4.22. The summed E-state index contributed by atoms with van der Waals surface area (Å²) in [4.78, 5) is 3.37. The number of aromatic nitrogens is 1. The molecule has 0 aliphatic rings. The Balaban J connectivity index is 2.65. The molecular formula is C12H12Cl2F4N2O2. The van der Waals surface area contributed by atoms with E-state index in [1.165, 1.54) is 6.92 Å². The second-order valence-corrected chi connectivity index (χ2v) is 5.09. The van der Waals surface area contributed by atoms with Gasteiger partial charge in [-0.2, -0.15) is 22.5 Å². The van der Waals surface area contributed by atoms with E-state index in [0.29, 0.717) is 0 Å². The summed E-state index contributed by atoms with van der Waals surface area (Å²) in [6.07, 6.45) is -4.47. The first-order valence-corrected chi connectivity index (χ1v) is 6.59. The van der Waals surface area contributed by atoms with Crippen LogP contribution in [0.5, 0.6) is 5.88 Å². The molecule has 1 rings (SSSR count). The first-order chi connectivity index (χ1) is 10.0. The first kappa shape index (κ1) is 18.6. The summed E-state index contributed by atoms with van der Waals surface area (Å²) in [6.45, 7) is 3.22. The molecule has 0 bridgehead atoms. The summed E-state index contributed by atoms with van der Waals surface area (Å²) in [5.74, 6) is -2.16. The van der Waals surface area contributed by atoms with E-state index in [4.69, 9.17) is 33.7 Å². The highest BCUT2D eigenvalue weighted by Gasteiger charge is 2.29. The van der Waals surface area contributed by atoms with Crippen LogP contribution in [-0.4, -0.2) is 24.4 Å². The van der Waals surface area contributed by atoms with Gasteiger partial charge in [0.15, 0.2) is 6.61 Å². The fourth-order valence-corrected chi connectivity index (χ4v) is 1.60. The van der Waals surface area contributed by atoms with Crippen LogP contribution in [-0.2, 0) is 4.74 Å². The second-order valence-electron chi connectivity index (χ2n) is 4.33. The van der Waals surface area contributed by atoms with Crippen molar-refractivity contribution in [1.29, 1.82) is 0 Å². The van der Waals surface area contributed by atoms with Crippen LogP contribution < -0.4 is 10.5 Å². The van der Waals surface area contributed by atoms with Gasteiger partial charge >= 0.3 is 6.18 Å². The molecule has 1 atom stereocenters. The zero-order chi connectivity index (χ0) is 17.1. The molecule has 0 saturated carbocycles. The number of hydrogen-bond donors (Lipinski definition) is 1. The smallest absolute Gasteiger partial charge is 0.422 e. The summed E-state index contributed by atoms with van der Waals surface area (Å²) >= 11 is 11.3. The van der Waals surface area contributed by atoms with E-state index in [9.17, 15) is 17.6 Å². The van der Waals surface area contributed by atoms with Crippen molar-refractivity contribution in [3.05, 3.63) is 28.3 Å². The van der Waals surface area contributed by atoms with Gasteiger partial charge in [-0.15, -0.1) is 0 Å². The number of rotatable bonds is 6. The summed E-state index contributed by atoms with van der Waals surface area (Å²) in [6, 6.07) is 0. The van der Waals surface area contributed by atoms with E-state index >= 15 is 0 Å². The number of hydrogen-bond acceptors (Lipinski definition) is 4. The number of ether oxygens (including phenoxy) is 2. The Hall–Kier alpha value is -1.41. The third kappa shape index (κ3) is 5.10. The van der Waals surface area contributed by atoms with Gasteiger partial charge in [-0.05, 0) is 0 Å². The van der Waals surface area contributed by atoms with Crippen LogP contribution in [0.15, 0.2) is 12.3 Å². The molecule has 0 amide bonds. The minimum atomic E-state index is -4.47. The maximum absolute atomic E-state index is 13.3. The monoisotopic (exact) mass is 362 g/mol. The molecular weight excluding hydrogens is 351 g/mol. The van der Waals surface area contributed by atoms with E-state index < -0.39 is 29.7 Å². The van der Waals surface area contributed by atoms with E-state index in [0.717, 1.165) is 0 Å². The molecule has 4 nitrogen and oxygen atoms in total. The van der Waals surface area contributed by atoms with Crippen LogP contribution in [0.1, 0.15) is 6.92 Å². The minimum Gasteiger partial charge on any atom is -0.489 e. The highest BCUT2D eigenvalue weighted by atomic mass is 35.5. The molecule has 0 spiro atoms. The largest absolute Gasteiger partial charge is 0.489 e. The Morgan fingerprint density at radius 2 is 1.95 bits per heavy atom. The third-order valence-corrected chi connectivity index (χ3v) is 3.21. The molecule has 22 heavy (non-hydrogen) atoms. The Morgan fingerprint density at radius 3 is 2.50 bits per heavy atom. The summed E-state index contributed by atoms with van der Waals surface area (Å²) in [5.41, 5.74) is 5.21. The fourth-order valence-electron chi connectivity index (χ4n) is 1.22. The standard InChI is InChI=1S/C12H12Cl2F4N2O2/c1-5(6(2)22-4-12(16,17)18)3-21-11-8(14)9(19)7(13)10(15)20-11/h5H,2-4H2,1H3,(H2,19,20)/t5-/m0/s1. The van der Waals surface area contributed by atoms with Crippen LogP contribution in [0.2, 0.25) is 10.0 Å². The lowest BCUT2D eigenvalue weighted by atomic mass is 10.2. The van der Waals surface area contributed by atoms with Crippen molar-refractivity contribution in [2.24, 2.45) is 5.92 Å². The SMILES string of the molecule is C=C(OCC(F)(F)F)[C@@H](C)COc1nc(F)c(Cl)c(N)c1Cl. The second kappa shape index (κ2) is 7.23. The lowest BCUT2D eigenvalue weighted by Crippen LogP contribution is -2.20. The summed E-state index contributed by atoms with van der Waals surface area (Å²) in [7, 11) is 0. The fraction of sp³-hybridized carbons (Fsp3) is 0.417. The average Bonchev–Trinajstić information content (AvgIpc) is 2.43. The van der Waals surface area contributed by atoms with Gasteiger partial charge < -0.3 is 15.2 Å². The van der Waals surface area contributed by atoms with Gasteiger partial charge in [0.1, 0.15) is 10.0 Å². The van der Waals surface area contributed by atoms with E-state index in [1.807, 2.05) is 0 Å². The lowest BCUT2D eigenvalue weighted by molar-refractivity contribution is -0.166. The number of pyridine rings is 1. The number of nitrogens with two attached hydrogens (primary N) is 1. The molecule has 0 radical (unpaired) electrons. The first-order valence-electron chi connectivity index (χ1n) is 5.84. The average molecular weight is 363 g/mol. The Kier molecular flexibility index (Phi) is 6.13.